The summed E-state index contributed by atoms with van der Waals surface area (Å²) in [4.78, 5) is 30.9. The Morgan fingerprint density at radius 3 is 2.09 bits per heavy atom. The second kappa shape index (κ2) is 10.3. The van der Waals surface area contributed by atoms with Gasteiger partial charge in [-0.05, 0) is 49.9 Å². The molecule has 2 rings (SSSR count). The highest BCUT2D eigenvalue weighted by molar-refractivity contribution is 6.30. The van der Waals surface area contributed by atoms with Crippen molar-refractivity contribution in [2.75, 3.05) is 0 Å². The van der Waals surface area contributed by atoms with Crippen molar-refractivity contribution in [3.05, 3.63) is 66.2 Å². The number of nitro groups is 2. The second-order valence-electron chi connectivity index (χ2n) is 8.04. The van der Waals surface area contributed by atoms with Crippen molar-refractivity contribution in [3.63, 3.8) is 0 Å². The summed E-state index contributed by atoms with van der Waals surface area (Å²) in [5.41, 5.74) is -0.723. The van der Waals surface area contributed by atoms with E-state index in [4.69, 9.17) is 21.4 Å². The number of rotatable bonds is 5. The molecule has 0 amide bonds. The SMILES string of the molecule is Cc1c([N+](=O)[O-])cc(C(C)(C)C)c(O)c1[N+](=O)[O-].Cc1cc(Cl)ccc1O[C@H](C)C(=O)O. The van der Waals surface area contributed by atoms with E-state index in [1.54, 1.807) is 39.0 Å². The molecular formula is C21H25ClN2O8. The van der Waals surface area contributed by atoms with Crippen molar-refractivity contribution in [3.8, 4) is 11.5 Å². The van der Waals surface area contributed by atoms with Crippen LogP contribution in [-0.4, -0.2) is 32.1 Å². The molecule has 32 heavy (non-hydrogen) atoms. The summed E-state index contributed by atoms with van der Waals surface area (Å²) >= 11 is 5.74. The van der Waals surface area contributed by atoms with Crippen LogP contribution in [-0.2, 0) is 10.2 Å². The minimum atomic E-state index is -0.987. The van der Waals surface area contributed by atoms with E-state index in [9.17, 15) is 30.1 Å². The molecule has 0 spiro atoms. The molecule has 10 nitrogen and oxygen atoms in total. The number of nitro benzene ring substituents is 2. The van der Waals surface area contributed by atoms with E-state index < -0.39 is 38.8 Å². The van der Waals surface area contributed by atoms with Crippen LogP contribution in [0.1, 0.15) is 44.4 Å². The first-order chi connectivity index (χ1) is 14.6. The Hall–Kier alpha value is -3.40. The Morgan fingerprint density at radius 1 is 1.12 bits per heavy atom. The fourth-order valence-corrected chi connectivity index (χ4v) is 2.94. The smallest absolute Gasteiger partial charge is 0.344 e. The third-order valence-corrected chi connectivity index (χ3v) is 4.71. The fourth-order valence-electron chi connectivity index (χ4n) is 2.71. The van der Waals surface area contributed by atoms with Crippen molar-refractivity contribution in [2.24, 2.45) is 0 Å². The summed E-state index contributed by atoms with van der Waals surface area (Å²) in [5, 5.41) is 41.0. The molecule has 174 valence electrons. The standard InChI is InChI=1S/C11H14N2O5.C10H11ClO3/c1-6-8(12(15)16)5-7(11(2,3)4)10(14)9(6)13(17)18;1-6-5-8(11)3-4-9(6)14-7(2)10(12)13/h5,14H,1-4H3;3-5,7H,1-2H3,(H,12,13)/t;7-/m.1/s1. The number of carboxylic acids is 1. The minimum Gasteiger partial charge on any atom is -0.502 e. The van der Waals surface area contributed by atoms with Crippen LogP contribution in [0.2, 0.25) is 5.02 Å². The van der Waals surface area contributed by atoms with E-state index in [-0.39, 0.29) is 16.8 Å². The quantitative estimate of drug-likeness (QED) is 0.441. The number of aromatic hydroxyl groups is 1. The van der Waals surface area contributed by atoms with Gasteiger partial charge in [0, 0.05) is 16.7 Å². The normalized spacial score (nSPS) is 11.7. The number of phenols is 1. The number of halogens is 1. The Morgan fingerprint density at radius 2 is 1.69 bits per heavy atom. The first-order valence-electron chi connectivity index (χ1n) is 9.39. The van der Waals surface area contributed by atoms with Gasteiger partial charge >= 0.3 is 11.7 Å². The lowest BCUT2D eigenvalue weighted by molar-refractivity contribution is -0.396. The molecule has 2 N–H and O–H groups in total. The van der Waals surface area contributed by atoms with Gasteiger partial charge in [-0.3, -0.25) is 20.2 Å². The van der Waals surface area contributed by atoms with Gasteiger partial charge < -0.3 is 14.9 Å². The van der Waals surface area contributed by atoms with E-state index in [2.05, 4.69) is 0 Å². The molecule has 0 heterocycles. The molecule has 0 unspecified atom stereocenters. The topological polar surface area (TPSA) is 153 Å². The van der Waals surface area contributed by atoms with Gasteiger partial charge in [-0.1, -0.05) is 32.4 Å². The summed E-state index contributed by atoms with van der Waals surface area (Å²) in [6.07, 6.45) is -0.852. The average molecular weight is 469 g/mol. The Balaban J connectivity index is 0.000000330. The fraction of sp³-hybridized carbons (Fsp3) is 0.381. The number of hydrogen-bond acceptors (Lipinski definition) is 7. The van der Waals surface area contributed by atoms with Gasteiger partial charge in [0.05, 0.1) is 9.85 Å². The van der Waals surface area contributed by atoms with Gasteiger partial charge in [-0.25, -0.2) is 4.79 Å². The molecule has 0 saturated heterocycles. The molecule has 2 aromatic rings. The van der Waals surface area contributed by atoms with Crippen molar-refractivity contribution in [2.45, 2.75) is 53.1 Å². The number of hydrogen-bond donors (Lipinski definition) is 2. The first-order valence-corrected chi connectivity index (χ1v) is 9.77. The minimum absolute atomic E-state index is 0.143. The van der Waals surface area contributed by atoms with E-state index >= 15 is 0 Å². The summed E-state index contributed by atoms with van der Waals surface area (Å²) in [7, 11) is 0. The van der Waals surface area contributed by atoms with Gasteiger partial charge in [0.1, 0.15) is 11.3 Å². The van der Waals surface area contributed by atoms with Crippen molar-refractivity contribution in [1.29, 1.82) is 0 Å². The molecule has 0 bridgehead atoms. The molecule has 0 fully saturated rings. The highest BCUT2D eigenvalue weighted by Gasteiger charge is 2.33. The molecule has 1 atom stereocenters. The van der Waals surface area contributed by atoms with E-state index in [0.29, 0.717) is 10.8 Å². The first kappa shape index (κ1) is 26.6. The zero-order chi connectivity index (χ0) is 25.0. The molecule has 0 aliphatic rings. The molecule has 0 saturated carbocycles. The number of aryl methyl sites for hydroxylation is 1. The average Bonchev–Trinajstić information content (AvgIpc) is 2.62. The maximum atomic E-state index is 10.9. The number of carbonyl (C=O) groups is 1. The van der Waals surface area contributed by atoms with Gasteiger partial charge in [0.15, 0.2) is 11.9 Å². The lowest BCUT2D eigenvalue weighted by Gasteiger charge is -2.20. The lowest BCUT2D eigenvalue weighted by Crippen LogP contribution is -2.23. The van der Waals surface area contributed by atoms with Crippen LogP contribution in [0.4, 0.5) is 11.4 Å². The zero-order valence-corrected chi connectivity index (χ0v) is 19.3. The molecule has 11 heteroatoms. The van der Waals surface area contributed by atoms with Gasteiger partial charge in [0.25, 0.3) is 5.69 Å². The lowest BCUT2D eigenvalue weighted by atomic mass is 9.84. The van der Waals surface area contributed by atoms with Crippen LogP contribution in [0.3, 0.4) is 0 Å². The maximum Gasteiger partial charge on any atom is 0.344 e. The number of carboxylic acid groups (broad SMARTS) is 1. The van der Waals surface area contributed by atoms with E-state index in [0.717, 1.165) is 5.56 Å². The van der Waals surface area contributed by atoms with Crippen molar-refractivity contribution in [1.82, 2.24) is 0 Å². The van der Waals surface area contributed by atoms with E-state index in [1.807, 2.05) is 6.92 Å². The molecule has 2 aromatic carbocycles. The molecule has 0 aromatic heterocycles. The van der Waals surface area contributed by atoms with Crippen molar-refractivity contribution < 1.29 is 29.6 Å². The predicted octanol–water partition coefficient (Wildman–Crippen LogP) is 5.31. The van der Waals surface area contributed by atoms with Crippen LogP contribution >= 0.6 is 11.6 Å². The monoisotopic (exact) mass is 468 g/mol. The third kappa shape index (κ3) is 6.55. The summed E-state index contributed by atoms with van der Waals surface area (Å²) < 4.78 is 5.20. The summed E-state index contributed by atoms with van der Waals surface area (Å²) in [5.74, 6) is -0.945. The van der Waals surface area contributed by atoms with Crippen LogP contribution in [0, 0.1) is 34.1 Å². The number of ether oxygens (including phenoxy) is 1. The Kier molecular flexibility index (Phi) is 8.55. The molecule has 0 aliphatic carbocycles. The third-order valence-electron chi connectivity index (χ3n) is 4.48. The van der Waals surface area contributed by atoms with Crippen LogP contribution in [0.25, 0.3) is 0 Å². The molecule has 0 aliphatic heterocycles. The Labute approximate surface area is 189 Å². The van der Waals surface area contributed by atoms with Gasteiger partial charge in [-0.15, -0.1) is 0 Å². The van der Waals surface area contributed by atoms with Gasteiger partial charge in [0.2, 0.25) is 0 Å². The van der Waals surface area contributed by atoms with Gasteiger partial charge in [-0.2, -0.15) is 0 Å². The number of aliphatic carboxylic acids is 1. The summed E-state index contributed by atoms with van der Waals surface area (Å²) in [6.45, 7) is 9.69. The highest BCUT2D eigenvalue weighted by Crippen LogP contribution is 2.43. The number of benzene rings is 2. The Bertz CT molecular complexity index is 1050. The number of phenolic OH excluding ortho intramolecular Hbond substituents is 1. The zero-order valence-electron chi connectivity index (χ0n) is 18.5. The second-order valence-corrected chi connectivity index (χ2v) is 8.47. The predicted molar refractivity (Wildman–Crippen MR) is 119 cm³/mol. The number of nitrogens with zero attached hydrogens (tertiary/aromatic N) is 2. The van der Waals surface area contributed by atoms with Crippen LogP contribution < -0.4 is 4.74 Å². The summed E-state index contributed by atoms with van der Waals surface area (Å²) in [6, 6.07) is 6.25. The highest BCUT2D eigenvalue weighted by atomic mass is 35.5. The largest absolute Gasteiger partial charge is 0.502 e. The van der Waals surface area contributed by atoms with Crippen LogP contribution in [0.15, 0.2) is 24.3 Å². The van der Waals surface area contributed by atoms with Crippen LogP contribution in [0.5, 0.6) is 11.5 Å². The molecule has 0 radical (unpaired) electrons. The van der Waals surface area contributed by atoms with Crippen molar-refractivity contribution >= 4 is 28.9 Å². The molecular weight excluding hydrogens is 444 g/mol. The van der Waals surface area contributed by atoms with E-state index in [1.165, 1.54) is 19.9 Å². The maximum absolute atomic E-state index is 10.9.